The molecule has 6 rings (SSSR count). The van der Waals surface area contributed by atoms with Crippen molar-refractivity contribution in [2.75, 3.05) is 32.7 Å². The van der Waals surface area contributed by atoms with Crippen LogP contribution in [0.4, 0.5) is 0 Å². The van der Waals surface area contributed by atoms with Crippen molar-refractivity contribution < 1.29 is 9.90 Å². The number of aromatic amines is 1. The number of phenols is 1. The zero-order valence-electron chi connectivity index (χ0n) is 19.7. The molecule has 176 valence electrons. The van der Waals surface area contributed by atoms with Crippen LogP contribution >= 0.6 is 0 Å². The molecular weight excluding hydrogens is 426 g/mol. The molecule has 3 unspecified atom stereocenters. The number of para-hydroxylation sites is 1. The van der Waals surface area contributed by atoms with Crippen molar-refractivity contribution in [3.63, 3.8) is 0 Å². The molecule has 1 aromatic carbocycles. The minimum atomic E-state index is 0.102. The van der Waals surface area contributed by atoms with Gasteiger partial charge in [-0.3, -0.25) is 9.69 Å². The molecule has 0 radical (unpaired) electrons. The Morgan fingerprint density at radius 2 is 1.97 bits per heavy atom. The molecule has 0 spiro atoms. The van der Waals surface area contributed by atoms with Gasteiger partial charge in [-0.25, -0.2) is 0 Å². The van der Waals surface area contributed by atoms with Gasteiger partial charge in [-0.2, -0.15) is 0 Å². The monoisotopic (exact) mass is 457 g/mol. The van der Waals surface area contributed by atoms with Gasteiger partial charge in [0.05, 0.1) is 5.69 Å². The van der Waals surface area contributed by atoms with Gasteiger partial charge in [-0.1, -0.05) is 32.1 Å². The molecular formula is C27H31N5O2. The number of rotatable bonds is 5. The zero-order chi connectivity index (χ0) is 23.4. The van der Waals surface area contributed by atoms with Gasteiger partial charge in [0.25, 0.3) is 0 Å². The summed E-state index contributed by atoms with van der Waals surface area (Å²) in [6.07, 6.45) is 4.72. The van der Waals surface area contributed by atoms with E-state index >= 15 is 0 Å². The zero-order valence-corrected chi connectivity index (χ0v) is 19.7. The molecule has 34 heavy (non-hydrogen) atoms. The molecule has 3 atom stereocenters. The number of phenolic OH excluding ortho intramolecular Hbond substituents is 1. The highest BCUT2D eigenvalue weighted by Gasteiger charge is 2.61. The summed E-state index contributed by atoms with van der Waals surface area (Å²) in [6, 6.07) is 11.2. The maximum absolute atomic E-state index is 12.7. The second-order valence-electron chi connectivity index (χ2n) is 10.7. The number of nitrogens with zero attached hydrogens (tertiary/aromatic N) is 4. The molecule has 4 heterocycles. The smallest absolute Gasteiger partial charge is 0.246 e. The molecule has 2 saturated heterocycles. The number of carbonyl (C=O) groups excluding carboxylic acids is 1. The van der Waals surface area contributed by atoms with Crippen LogP contribution < -0.4 is 0 Å². The first-order chi connectivity index (χ1) is 16.4. The van der Waals surface area contributed by atoms with Crippen LogP contribution in [-0.2, 0) is 4.79 Å². The minimum Gasteiger partial charge on any atom is -0.507 e. The fourth-order valence-corrected chi connectivity index (χ4v) is 5.98. The molecule has 1 saturated carbocycles. The van der Waals surface area contributed by atoms with Crippen molar-refractivity contribution in [3.8, 4) is 17.0 Å². The first-order valence-corrected chi connectivity index (χ1v) is 12.2. The van der Waals surface area contributed by atoms with Gasteiger partial charge in [0, 0.05) is 61.4 Å². The Kier molecular flexibility index (Phi) is 4.99. The van der Waals surface area contributed by atoms with Gasteiger partial charge in [-0.05, 0) is 47.9 Å². The SMILES string of the molecule is CC1(C)C2CN(C/C=C/C(=O)N3CCC(c4cc5cc(-c6ccccc6O)nnc5[nH]4)C3)CC21. The second kappa shape index (κ2) is 7.94. The molecule has 7 heteroatoms. The average molecular weight is 458 g/mol. The minimum absolute atomic E-state index is 0.102. The van der Waals surface area contributed by atoms with Crippen LogP contribution in [0.25, 0.3) is 22.3 Å². The summed E-state index contributed by atoms with van der Waals surface area (Å²) in [5.41, 5.74) is 3.64. The number of aromatic hydroxyl groups is 1. The van der Waals surface area contributed by atoms with Crippen LogP contribution in [0.5, 0.6) is 5.75 Å². The van der Waals surface area contributed by atoms with Gasteiger partial charge in [0.15, 0.2) is 5.65 Å². The van der Waals surface area contributed by atoms with E-state index in [0.29, 0.717) is 23.2 Å². The van der Waals surface area contributed by atoms with Crippen molar-refractivity contribution in [2.24, 2.45) is 17.3 Å². The summed E-state index contributed by atoms with van der Waals surface area (Å²) in [5.74, 6) is 2.23. The van der Waals surface area contributed by atoms with E-state index in [9.17, 15) is 9.90 Å². The number of carbonyl (C=O) groups is 1. The molecule has 0 bridgehead atoms. The number of nitrogens with one attached hydrogen (secondary N) is 1. The molecule has 2 aliphatic heterocycles. The van der Waals surface area contributed by atoms with Crippen LogP contribution in [0.15, 0.2) is 48.6 Å². The highest BCUT2D eigenvalue weighted by Crippen LogP contribution is 2.61. The van der Waals surface area contributed by atoms with E-state index in [0.717, 1.165) is 61.2 Å². The van der Waals surface area contributed by atoms with Gasteiger partial charge < -0.3 is 15.0 Å². The average Bonchev–Trinajstić information content (AvgIpc) is 3.39. The van der Waals surface area contributed by atoms with Crippen molar-refractivity contribution in [2.45, 2.75) is 26.2 Å². The Morgan fingerprint density at radius 3 is 2.76 bits per heavy atom. The van der Waals surface area contributed by atoms with E-state index in [1.165, 1.54) is 0 Å². The second-order valence-corrected chi connectivity index (χ2v) is 10.7. The van der Waals surface area contributed by atoms with E-state index in [-0.39, 0.29) is 17.6 Å². The number of likely N-dealkylation sites (tertiary alicyclic amines) is 2. The summed E-state index contributed by atoms with van der Waals surface area (Å²) < 4.78 is 0. The molecule has 2 aromatic heterocycles. The Hall–Kier alpha value is -3.19. The quantitative estimate of drug-likeness (QED) is 0.570. The number of aromatic nitrogens is 3. The largest absolute Gasteiger partial charge is 0.507 e. The lowest BCUT2D eigenvalue weighted by Crippen LogP contribution is -2.28. The van der Waals surface area contributed by atoms with Crippen LogP contribution in [0.2, 0.25) is 0 Å². The van der Waals surface area contributed by atoms with Crippen molar-refractivity contribution in [1.29, 1.82) is 0 Å². The van der Waals surface area contributed by atoms with E-state index in [4.69, 9.17) is 0 Å². The normalized spacial score (nSPS) is 25.9. The van der Waals surface area contributed by atoms with Crippen molar-refractivity contribution in [3.05, 3.63) is 54.2 Å². The van der Waals surface area contributed by atoms with Crippen LogP contribution in [0, 0.1) is 17.3 Å². The summed E-state index contributed by atoms with van der Waals surface area (Å²) in [6.45, 7) is 9.41. The third-order valence-corrected chi connectivity index (χ3v) is 8.34. The van der Waals surface area contributed by atoms with Crippen LogP contribution in [-0.4, -0.2) is 68.7 Å². The molecule has 2 N–H and O–H groups in total. The maximum Gasteiger partial charge on any atom is 0.246 e. The van der Waals surface area contributed by atoms with Gasteiger partial charge in [-0.15, -0.1) is 10.2 Å². The highest BCUT2D eigenvalue weighted by molar-refractivity contribution is 5.88. The molecule has 3 aromatic rings. The summed E-state index contributed by atoms with van der Waals surface area (Å²) in [7, 11) is 0. The summed E-state index contributed by atoms with van der Waals surface area (Å²) >= 11 is 0. The van der Waals surface area contributed by atoms with Crippen LogP contribution in [0.3, 0.4) is 0 Å². The van der Waals surface area contributed by atoms with Crippen LogP contribution in [0.1, 0.15) is 31.9 Å². The maximum atomic E-state index is 12.7. The van der Waals surface area contributed by atoms with E-state index in [2.05, 4.69) is 40.0 Å². The topological polar surface area (TPSA) is 85.3 Å². The van der Waals surface area contributed by atoms with Gasteiger partial charge >= 0.3 is 0 Å². The van der Waals surface area contributed by atoms with E-state index in [1.807, 2.05) is 29.2 Å². The lowest BCUT2D eigenvalue weighted by atomic mass is 10.0. The summed E-state index contributed by atoms with van der Waals surface area (Å²) in [4.78, 5) is 20.5. The first-order valence-electron chi connectivity index (χ1n) is 12.2. The third kappa shape index (κ3) is 3.68. The number of H-pyrrole nitrogens is 1. The number of hydrogen-bond donors (Lipinski definition) is 2. The number of piperidine rings is 1. The molecule has 3 aliphatic rings. The Morgan fingerprint density at radius 1 is 1.18 bits per heavy atom. The molecule has 3 fully saturated rings. The number of fused-ring (bicyclic) bond motifs is 2. The fourth-order valence-electron chi connectivity index (χ4n) is 5.98. The lowest BCUT2D eigenvalue weighted by Gasteiger charge is -2.20. The molecule has 1 aliphatic carbocycles. The van der Waals surface area contributed by atoms with E-state index in [1.54, 1.807) is 18.2 Å². The van der Waals surface area contributed by atoms with E-state index < -0.39 is 0 Å². The fraction of sp³-hybridized carbons (Fsp3) is 0.444. The molecule has 7 nitrogen and oxygen atoms in total. The lowest BCUT2D eigenvalue weighted by molar-refractivity contribution is -0.125. The predicted octanol–water partition coefficient (Wildman–Crippen LogP) is 3.79. The Balaban J connectivity index is 1.08. The Bertz CT molecular complexity index is 1270. The highest BCUT2D eigenvalue weighted by atomic mass is 16.3. The van der Waals surface area contributed by atoms with Crippen molar-refractivity contribution >= 4 is 16.9 Å². The van der Waals surface area contributed by atoms with Crippen molar-refractivity contribution in [1.82, 2.24) is 25.0 Å². The number of amides is 1. The predicted molar refractivity (Wildman–Crippen MR) is 131 cm³/mol. The number of hydrogen-bond acceptors (Lipinski definition) is 5. The standard InChI is InChI=1S/C27H31N5O2/c1-27(2)20-15-31(16-21(20)27)10-5-8-25(34)32-11-9-17(14-32)22-12-18-13-23(29-30-26(18)28-22)19-6-3-4-7-24(19)33/h3-8,12-13,17,20-21,33H,9-11,14-16H2,1-2H3,(H,28,30)/b8-5+. The summed E-state index contributed by atoms with van der Waals surface area (Å²) in [5, 5.41) is 19.7. The molecule has 1 amide bonds. The first kappa shape index (κ1) is 21.4. The van der Waals surface area contributed by atoms with Gasteiger partial charge in [0.2, 0.25) is 5.91 Å². The Labute approximate surface area is 199 Å². The van der Waals surface area contributed by atoms with Gasteiger partial charge in [0.1, 0.15) is 5.75 Å². The third-order valence-electron chi connectivity index (χ3n) is 8.34. The number of benzene rings is 1.